The van der Waals surface area contributed by atoms with Gasteiger partial charge >= 0.3 is 0 Å². The molecule has 2 bridgehead atoms. The third kappa shape index (κ3) is 3.64. The Morgan fingerprint density at radius 3 is 2.87 bits per heavy atom. The van der Waals surface area contributed by atoms with Crippen LogP contribution in [0.1, 0.15) is 42.9 Å². The highest BCUT2D eigenvalue weighted by Crippen LogP contribution is 2.35. The van der Waals surface area contributed by atoms with E-state index in [9.17, 15) is 0 Å². The number of hydrogen-bond acceptors (Lipinski definition) is 7. The Morgan fingerprint density at radius 1 is 1.13 bits per heavy atom. The molecule has 4 saturated heterocycles. The average Bonchev–Trinajstić information content (AvgIpc) is 3.29. The van der Waals surface area contributed by atoms with Gasteiger partial charge in [-0.1, -0.05) is 6.07 Å². The summed E-state index contributed by atoms with van der Waals surface area (Å²) in [5, 5.41) is 8.26. The maximum atomic E-state index is 5.55. The summed E-state index contributed by atoms with van der Waals surface area (Å²) >= 11 is 0. The number of aromatic amines is 1. The van der Waals surface area contributed by atoms with Gasteiger partial charge in [-0.15, -0.1) is 0 Å². The molecule has 0 amide bonds. The van der Waals surface area contributed by atoms with Gasteiger partial charge in [0, 0.05) is 44.6 Å². The third-order valence-electron chi connectivity index (χ3n) is 7.03. The highest BCUT2D eigenvalue weighted by molar-refractivity contribution is 5.90. The predicted molar refractivity (Wildman–Crippen MR) is 120 cm³/mol. The summed E-state index contributed by atoms with van der Waals surface area (Å²) in [5.74, 6) is 2.45. The highest BCUT2D eigenvalue weighted by atomic mass is 16.5. The van der Waals surface area contributed by atoms with Crippen LogP contribution in [-0.4, -0.2) is 58.3 Å². The van der Waals surface area contributed by atoms with E-state index >= 15 is 0 Å². The number of H-pyrrole nitrogens is 1. The molecule has 0 aromatic carbocycles. The van der Waals surface area contributed by atoms with Gasteiger partial charge in [-0.05, 0) is 49.3 Å². The van der Waals surface area contributed by atoms with Crippen LogP contribution in [0.2, 0.25) is 0 Å². The SMILES string of the molecule is c1cc(CNc2ncnc3[nH]cc(C4CCOCC4)c23)nc(N2C[C@H]3CC[C@@H]2CN3)c1. The van der Waals surface area contributed by atoms with Crippen molar-refractivity contribution in [2.24, 2.45) is 0 Å². The molecular formula is C23H29N7O. The average molecular weight is 420 g/mol. The largest absolute Gasteiger partial charge is 0.381 e. The van der Waals surface area contributed by atoms with Gasteiger partial charge in [-0.25, -0.2) is 15.0 Å². The molecule has 4 aliphatic heterocycles. The van der Waals surface area contributed by atoms with Crippen LogP contribution in [0.25, 0.3) is 11.0 Å². The Hall–Kier alpha value is -2.71. The number of nitrogens with one attached hydrogen (secondary N) is 3. The van der Waals surface area contributed by atoms with Crippen molar-refractivity contribution in [3.63, 3.8) is 0 Å². The van der Waals surface area contributed by atoms with Crippen molar-refractivity contribution >= 4 is 22.7 Å². The minimum absolute atomic E-state index is 0.485. The van der Waals surface area contributed by atoms with E-state index in [1.54, 1.807) is 6.33 Å². The summed E-state index contributed by atoms with van der Waals surface area (Å²) in [5.41, 5.74) is 3.21. The van der Waals surface area contributed by atoms with E-state index in [1.807, 2.05) is 0 Å². The first-order valence-electron chi connectivity index (χ1n) is 11.4. The van der Waals surface area contributed by atoms with Crippen molar-refractivity contribution in [3.05, 3.63) is 42.0 Å². The molecular weight excluding hydrogens is 390 g/mol. The Bertz CT molecular complexity index is 1050. The van der Waals surface area contributed by atoms with Crippen molar-refractivity contribution in [1.82, 2.24) is 25.3 Å². The number of ether oxygens (including phenoxy) is 1. The number of anilines is 2. The Morgan fingerprint density at radius 2 is 2.06 bits per heavy atom. The minimum atomic E-state index is 0.485. The standard InChI is InChI=1S/C23H29N7O/c1-2-16(29-20(3-1)30-13-17-4-5-18(30)11-24-17)10-25-22-21-19(15-6-8-31-9-7-15)12-26-23(21)28-14-27-22/h1-3,12,14-15,17-18,24H,4-11,13H2,(H2,25,26,27,28)/t17-,18-/m1/s1. The Labute approximate surface area is 181 Å². The molecule has 0 radical (unpaired) electrons. The summed E-state index contributed by atoms with van der Waals surface area (Å²) in [4.78, 5) is 19.8. The van der Waals surface area contributed by atoms with Crippen LogP contribution < -0.4 is 15.5 Å². The molecule has 31 heavy (non-hydrogen) atoms. The zero-order valence-electron chi connectivity index (χ0n) is 17.7. The van der Waals surface area contributed by atoms with Crippen LogP contribution in [0.5, 0.6) is 0 Å². The van der Waals surface area contributed by atoms with Crippen LogP contribution in [0.4, 0.5) is 11.6 Å². The molecule has 0 saturated carbocycles. The predicted octanol–water partition coefficient (Wildman–Crippen LogP) is 2.80. The van der Waals surface area contributed by atoms with Crippen LogP contribution >= 0.6 is 0 Å². The van der Waals surface area contributed by atoms with Gasteiger partial charge in [-0.3, -0.25) is 0 Å². The number of nitrogens with zero attached hydrogens (tertiary/aromatic N) is 4. The molecule has 7 heterocycles. The number of fused-ring (bicyclic) bond motifs is 4. The van der Waals surface area contributed by atoms with Crippen LogP contribution in [-0.2, 0) is 11.3 Å². The first-order valence-corrected chi connectivity index (χ1v) is 11.4. The topological polar surface area (TPSA) is 91.0 Å². The second kappa shape index (κ2) is 8.09. The molecule has 8 nitrogen and oxygen atoms in total. The van der Waals surface area contributed by atoms with Gasteiger partial charge in [-0.2, -0.15) is 0 Å². The van der Waals surface area contributed by atoms with E-state index in [4.69, 9.17) is 9.72 Å². The summed E-state index contributed by atoms with van der Waals surface area (Å²) in [6.45, 7) is 4.39. The van der Waals surface area contributed by atoms with Crippen molar-refractivity contribution in [2.75, 3.05) is 36.5 Å². The fraction of sp³-hybridized carbons (Fsp3) is 0.522. The molecule has 3 aromatic heterocycles. The van der Waals surface area contributed by atoms with Gasteiger partial charge in [0.1, 0.15) is 23.6 Å². The number of hydrogen-bond donors (Lipinski definition) is 3. The van der Waals surface area contributed by atoms with Crippen LogP contribution in [0.15, 0.2) is 30.7 Å². The highest BCUT2D eigenvalue weighted by Gasteiger charge is 2.34. The van der Waals surface area contributed by atoms with Crippen molar-refractivity contribution in [3.8, 4) is 0 Å². The normalized spacial score (nSPS) is 24.1. The van der Waals surface area contributed by atoms with Crippen molar-refractivity contribution in [2.45, 2.75) is 50.2 Å². The first-order chi connectivity index (χ1) is 15.3. The smallest absolute Gasteiger partial charge is 0.143 e. The molecule has 4 fully saturated rings. The number of aromatic nitrogens is 4. The van der Waals surface area contributed by atoms with E-state index in [-0.39, 0.29) is 0 Å². The van der Waals surface area contributed by atoms with Crippen molar-refractivity contribution < 1.29 is 4.74 Å². The molecule has 2 atom stereocenters. The quantitative estimate of drug-likeness (QED) is 0.586. The molecule has 0 spiro atoms. The van der Waals surface area contributed by atoms with Crippen molar-refractivity contribution in [1.29, 1.82) is 0 Å². The van der Waals surface area contributed by atoms with Gasteiger partial charge < -0.3 is 25.3 Å². The Balaban J connectivity index is 1.23. The van der Waals surface area contributed by atoms with E-state index in [2.05, 4.69) is 54.9 Å². The van der Waals surface area contributed by atoms with E-state index in [0.717, 1.165) is 67.5 Å². The molecule has 4 aliphatic rings. The van der Waals surface area contributed by atoms with Crippen LogP contribution in [0.3, 0.4) is 0 Å². The van der Waals surface area contributed by atoms with Gasteiger partial charge in [0.05, 0.1) is 17.6 Å². The fourth-order valence-electron chi connectivity index (χ4n) is 5.34. The summed E-state index contributed by atoms with van der Waals surface area (Å²) in [6, 6.07) is 7.51. The zero-order valence-corrected chi connectivity index (χ0v) is 17.7. The molecule has 0 aliphatic carbocycles. The lowest BCUT2D eigenvalue weighted by Gasteiger charge is -2.46. The molecule has 8 heteroatoms. The second-order valence-corrected chi connectivity index (χ2v) is 8.91. The van der Waals surface area contributed by atoms with E-state index in [1.165, 1.54) is 18.4 Å². The molecule has 7 rings (SSSR count). The maximum Gasteiger partial charge on any atom is 0.143 e. The fourth-order valence-corrected chi connectivity index (χ4v) is 5.34. The lowest BCUT2D eigenvalue weighted by molar-refractivity contribution is 0.0856. The molecule has 162 valence electrons. The first kappa shape index (κ1) is 19.0. The maximum absolute atomic E-state index is 5.55. The molecule has 3 N–H and O–H groups in total. The number of pyridine rings is 1. The molecule has 3 aromatic rings. The van der Waals surface area contributed by atoms with Gasteiger partial charge in [0.2, 0.25) is 0 Å². The number of piperazine rings is 1. The van der Waals surface area contributed by atoms with Crippen LogP contribution in [0, 0.1) is 0 Å². The monoisotopic (exact) mass is 419 g/mol. The van der Waals surface area contributed by atoms with Gasteiger partial charge in [0.25, 0.3) is 0 Å². The minimum Gasteiger partial charge on any atom is -0.381 e. The lowest BCUT2D eigenvalue weighted by atomic mass is 9.92. The molecule has 0 unspecified atom stereocenters. The summed E-state index contributed by atoms with van der Waals surface area (Å²) in [6.07, 6.45) is 8.33. The third-order valence-corrected chi connectivity index (χ3v) is 7.03. The lowest BCUT2D eigenvalue weighted by Crippen LogP contribution is -2.61. The van der Waals surface area contributed by atoms with E-state index in [0.29, 0.717) is 24.5 Å². The Kier molecular flexibility index (Phi) is 4.96. The summed E-state index contributed by atoms with van der Waals surface area (Å²) < 4.78 is 5.55. The number of piperidine rings is 2. The number of rotatable bonds is 5. The zero-order chi connectivity index (χ0) is 20.6. The van der Waals surface area contributed by atoms with Gasteiger partial charge in [0.15, 0.2) is 0 Å². The summed E-state index contributed by atoms with van der Waals surface area (Å²) in [7, 11) is 0. The van der Waals surface area contributed by atoms with E-state index < -0.39 is 0 Å². The second-order valence-electron chi connectivity index (χ2n) is 8.91.